The summed E-state index contributed by atoms with van der Waals surface area (Å²) in [5.74, 6) is 1.33. The molecule has 0 bridgehead atoms. The maximum Gasteiger partial charge on any atom is 0.330 e. The second-order valence-corrected chi connectivity index (χ2v) is 12.1. The number of aryl methyl sites for hydroxylation is 1. The zero-order valence-electron chi connectivity index (χ0n) is 24.8. The van der Waals surface area contributed by atoms with Crippen molar-refractivity contribution in [3.05, 3.63) is 128 Å². The molecule has 12 heteroatoms. The number of aromatic nitrogens is 2. The highest BCUT2D eigenvalue weighted by Crippen LogP contribution is 2.43. The van der Waals surface area contributed by atoms with Gasteiger partial charge in [-0.25, -0.2) is 4.79 Å². The molecule has 5 rings (SSSR count). The smallest absolute Gasteiger partial charge is 0.330 e. The monoisotopic (exact) mass is 622 g/mol. The molecule has 0 spiro atoms. The summed E-state index contributed by atoms with van der Waals surface area (Å²) in [5.41, 5.74) is 0.269. The van der Waals surface area contributed by atoms with Gasteiger partial charge in [0.1, 0.15) is 35.5 Å². The fourth-order valence-corrected chi connectivity index (χ4v) is 6.08. The molecule has 1 aliphatic rings. The number of nitrogens with one attached hydrogen (secondary N) is 1. The first kappa shape index (κ1) is 31.2. The summed E-state index contributed by atoms with van der Waals surface area (Å²) in [5, 5.41) is 0. The van der Waals surface area contributed by atoms with E-state index in [1.54, 1.807) is 21.1 Å². The third-order valence-electron chi connectivity index (χ3n) is 7.57. The Kier molecular flexibility index (Phi) is 9.07. The van der Waals surface area contributed by atoms with E-state index in [4.69, 9.17) is 23.1 Å². The molecular formula is C32H34N2O9S. The van der Waals surface area contributed by atoms with E-state index in [0.717, 1.165) is 22.9 Å². The lowest BCUT2D eigenvalue weighted by Gasteiger charge is -2.37. The Morgan fingerprint density at radius 3 is 1.95 bits per heavy atom. The lowest BCUT2D eigenvalue weighted by molar-refractivity contribution is -0.0910. The van der Waals surface area contributed by atoms with Crippen molar-refractivity contribution in [2.75, 3.05) is 27.1 Å². The Hall–Kier alpha value is -4.23. The minimum atomic E-state index is -3.91. The molecule has 232 valence electrons. The number of benzene rings is 3. The second-order valence-electron chi connectivity index (χ2n) is 10.5. The van der Waals surface area contributed by atoms with Crippen molar-refractivity contribution in [3.8, 4) is 11.5 Å². The Bertz CT molecular complexity index is 1750. The fraction of sp³-hybridized carbons (Fsp3) is 0.312. The maximum atomic E-state index is 12.7. The van der Waals surface area contributed by atoms with E-state index in [-0.39, 0.29) is 13.0 Å². The molecule has 1 aliphatic heterocycles. The first-order chi connectivity index (χ1) is 21.0. The number of ether oxygens (including phenoxy) is 4. The largest absolute Gasteiger partial charge is 0.497 e. The zero-order valence-corrected chi connectivity index (χ0v) is 25.6. The van der Waals surface area contributed by atoms with Crippen LogP contribution in [0.15, 0.2) is 94.6 Å². The summed E-state index contributed by atoms with van der Waals surface area (Å²) in [6, 6.07) is 24.6. The van der Waals surface area contributed by atoms with Gasteiger partial charge in [0.2, 0.25) is 0 Å². The zero-order chi connectivity index (χ0) is 31.5. The Labute approximate surface area is 255 Å². The number of hydrogen-bond acceptors (Lipinski definition) is 9. The second kappa shape index (κ2) is 12.8. The molecule has 1 saturated heterocycles. The van der Waals surface area contributed by atoms with Crippen LogP contribution in [0.3, 0.4) is 0 Å². The molecule has 0 aliphatic carbocycles. The van der Waals surface area contributed by atoms with E-state index in [2.05, 4.69) is 4.98 Å². The predicted octanol–water partition coefficient (Wildman–Crippen LogP) is 3.50. The molecule has 0 radical (unpaired) electrons. The summed E-state index contributed by atoms with van der Waals surface area (Å²) < 4.78 is 55.2. The van der Waals surface area contributed by atoms with Gasteiger partial charge in [0.25, 0.3) is 15.7 Å². The van der Waals surface area contributed by atoms with Crippen LogP contribution in [0, 0.1) is 6.92 Å². The van der Waals surface area contributed by atoms with Crippen molar-refractivity contribution < 1.29 is 31.5 Å². The Morgan fingerprint density at radius 1 is 0.886 bits per heavy atom. The maximum absolute atomic E-state index is 12.7. The molecule has 1 aromatic heterocycles. The van der Waals surface area contributed by atoms with Gasteiger partial charge < -0.3 is 18.9 Å². The molecule has 0 amide bonds. The standard InChI is InChI=1S/C32H34N2O9S/c1-21-19-34(31(36)33-30(21)35)29-18-27(43-44(4,37)38)28(42-29)20-41-32(22-8-6-5-7-9-22,23-10-14-25(39-2)15-11-23)24-12-16-26(40-3)17-13-24/h5-17,19,27-29H,18,20H2,1-4H3,(H,33,35,36)/t27-,28+,29+/m1/s1. The van der Waals surface area contributed by atoms with Crippen molar-refractivity contribution >= 4 is 10.1 Å². The molecule has 1 fully saturated rings. The number of rotatable bonds is 11. The van der Waals surface area contributed by atoms with Gasteiger partial charge >= 0.3 is 5.69 Å². The molecular weight excluding hydrogens is 588 g/mol. The number of H-pyrrole nitrogens is 1. The van der Waals surface area contributed by atoms with Crippen LogP contribution >= 0.6 is 0 Å². The van der Waals surface area contributed by atoms with Gasteiger partial charge in [-0.05, 0) is 47.9 Å². The number of nitrogens with zero attached hydrogens (tertiary/aromatic N) is 1. The average Bonchev–Trinajstić information content (AvgIpc) is 3.41. The summed E-state index contributed by atoms with van der Waals surface area (Å²) in [6.45, 7) is 1.44. The van der Waals surface area contributed by atoms with Gasteiger partial charge in [-0.1, -0.05) is 54.6 Å². The van der Waals surface area contributed by atoms with Gasteiger partial charge in [-0.15, -0.1) is 0 Å². The minimum Gasteiger partial charge on any atom is -0.497 e. The molecule has 3 atom stereocenters. The van der Waals surface area contributed by atoms with Crippen LogP contribution in [-0.4, -0.2) is 57.3 Å². The molecule has 1 N–H and O–H groups in total. The summed E-state index contributed by atoms with van der Waals surface area (Å²) in [7, 11) is -0.730. The first-order valence-corrected chi connectivity index (χ1v) is 15.7. The van der Waals surface area contributed by atoms with E-state index >= 15 is 0 Å². The number of methoxy groups -OCH3 is 2. The third kappa shape index (κ3) is 6.48. The van der Waals surface area contributed by atoms with Gasteiger partial charge in [-0.2, -0.15) is 8.42 Å². The Morgan fingerprint density at radius 2 is 1.43 bits per heavy atom. The highest BCUT2D eigenvalue weighted by Gasteiger charge is 2.44. The van der Waals surface area contributed by atoms with Crippen molar-refractivity contribution in [2.45, 2.75) is 37.4 Å². The normalized spacial score (nSPS) is 18.7. The lowest BCUT2D eigenvalue weighted by Crippen LogP contribution is -2.39. The summed E-state index contributed by atoms with van der Waals surface area (Å²) in [6.07, 6.45) is -0.433. The quantitative estimate of drug-likeness (QED) is 0.197. The van der Waals surface area contributed by atoms with Crippen LogP contribution in [0.2, 0.25) is 0 Å². The number of aromatic amines is 1. The van der Waals surface area contributed by atoms with Gasteiger partial charge in [-0.3, -0.25) is 18.5 Å². The van der Waals surface area contributed by atoms with E-state index in [0.29, 0.717) is 17.1 Å². The Balaban J connectivity index is 1.59. The average molecular weight is 623 g/mol. The van der Waals surface area contributed by atoms with E-state index in [9.17, 15) is 18.0 Å². The molecule has 3 aromatic carbocycles. The van der Waals surface area contributed by atoms with Gasteiger partial charge in [0.05, 0.1) is 27.1 Å². The van der Waals surface area contributed by atoms with Crippen LogP contribution in [0.4, 0.5) is 0 Å². The fourth-order valence-electron chi connectivity index (χ4n) is 5.43. The van der Waals surface area contributed by atoms with Crippen LogP contribution in [0.5, 0.6) is 11.5 Å². The van der Waals surface area contributed by atoms with Crippen LogP contribution in [-0.2, 0) is 29.4 Å². The summed E-state index contributed by atoms with van der Waals surface area (Å²) in [4.78, 5) is 26.9. The van der Waals surface area contributed by atoms with E-state index in [1.165, 1.54) is 10.8 Å². The molecule has 2 heterocycles. The lowest BCUT2D eigenvalue weighted by atomic mass is 9.80. The van der Waals surface area contributed by atoms with Crippen molar-refractivity contribution in [1.29, 1.82) is 0 Å². The van der Waals surface area contributed by atoms with Crippen LogP contribution in [0.1, 0.15) is 34.9 Å². The molecule has 4 aromatic rings. The summed E-state index contributed by atoms with van der Waals surface area (Å²) >= 11 is 0. The van der Waals surface area contributed by atoms with Gasteiger partial charge in [0.15, 0.2) is 0 Å². The molecule has 0 saturated carbocycles. The molecule has 0 unspecified atom stereocenters. The predicted molar refractivity (Wildman–Crippen MR) is 163 cm³/mol. The van der Waals surface area contributed by atoms with Crippen molar-refractivity contribution in [1.82, 2.24) is 9.55 Å². The van der Waals surface area contributed by atoms with Crippen LogP contribution < -0.4 is 20.7 Å². The van der Waals surface area contributed by atoms with E-state index in [1.807, 2.05) is 78.9 Å². The molecule has 11 nitrogen and oxygen atoms in total. The van der Waals surface area contributed by atoms with E-state index < -0.39 is 45.4 Å². The highest BCUT2D eigenvalue weighted by atomic mass is 32.2. The minimum absolute atomic E-state index is 0.0237. The highest BCUT2D eigenvalue weighted by molar-refractivity contribution is 7.86. The topological polar surface area (TPSA) is 135 Å². The van der Waals surface area contributed by atoms with Crippen molar-refractivity contribution in [2.24, 2.45) is 0 Å². The first-order valence-electron chi connectivity index (χ1n) is 13.9. The number of hydrogen-bond donors (Lipinski definition) is 1. The van der Waals surface area contributed by atoms with Crippen molar-refractivity contribution in [3.63, 3.8) is 0 Å². The molecule has 44 heavy (non-hydrogen) atoms. The van der Waals surface area contributed by atoms with Gasteiger partial charge in [0, 0.05) is 18.2 Å². The SMILES string of the molecule is COc1ccc(C(OC[C@@H]2O[C@H](n3cc(C)c(=O)[nH]c3=O)C[C@H]2OS(C)(=O)=O)(c2ccccc2)c2ccc(OC)cc2)cc1. The van der Waals surface area contributed by atoms with Crippen LogP contribution in [0.25, 0.3) is 0 Å². The third-order valence-corrected chi connectivity index (χ3v) is 8.17.